The van der Waals surface area contributed by atoms with Crippen LogP contribution in [0.25, 0.3) is 0 Å². The van der Waals surface area contributed by atoms with E-state index in [1.165, 1.54) is 48.7 Å². The first kappa shape index (κ1) is 23.5. The van der Waals surface area contributed by atoms with E-state index in [4.69, 9.17) is 0 Å². The number of aryl methyl sites for hydroxylation is 1. The molecule has 1 aliphatic heterocycles. The van der Waals surface area contributed by atoms with E-state index in [1.807, 2.05) is 6.92 Å². The number of aromatic nitrogens is 4. The number of ketones is 1. The molecule has 168 valence electrons. The summed E-state index contributed by atoms with van der Waals surface area (Å²) in [4.78, 5) is 35.1. The van der Waals surface area contributed by atoms with E-state index >= 15 is 0 Å². The molecule has 4 rings (SSSR count). The van der Waals surface area contributed by atoms with Crippen LogP contribution in [0.3, 0.4) is 0 Å². The van der Waals surface area contributed by atoms with Gasteiger partial charge in [-0.05, 0) is 37.6 Å². The minimum atomic E-state index is -4.46. The zero-order valence-corrected chi connectivity index (χ0v) is 18.2. The van der Waals surface area contributed by atoms with Gasteiger partial charge in [0.15, 0.2) is 5.78 Å². The summed E-state index contributed by atoms with van der Waals surface area (Å²) in [6.45, 7) is 3.45. The maximum absolute atomic E-state index is 13.3. The lowest BCUT2D eigenvalue weighted by molar-refractivity contribution is -0.138. The van der Waals surface area contributed by atoms with Crippen LogP contribution in [0, 0.1) is 6.92 Å². The highest BCUT2D eigenvalue weighted by Gasteiger charge is 2.36. The Balaban J connectivity index is 0.00000289. The standard InChI is InChI=1S/C21H18F3N5O2.H2S/c1-12-7-15(3-4-16(12)21(22,23)24)28-11-13(2)29-19(20(28)31)14(9-27-29)8-18(30)17-10-25-5-6-26-17;/h3-7,9-10,13H,8,11H2,1-2H3;1H2/t13-;/m0./s1. The molecule has 0 unspecified atom stereocenters. The molecule has 1 aliphatic rings. The van der Waals surface area contributed by atoms with E-state index in [1.54, 1.807) is 4.68 Å². The molecule has 3 aromatic rings. The molecule has 1 aromatic carbocycles. The van der Waals surface area contributed by atoms with Crippen molar-refractivity contribution in [2.75, 3.05) is 11.4 Å². The molecule has 0 spiro atoms. The molecule has 0 N–H and O–H groups in total. The number of amides is 1. The predicted octanol–water partition coefficient (Wildman–Crippen LogP) is 3.76. The average molecular weight is 463 g/mol. The first-order valence-electron chi connectivity index (χ1n) is 9.52. The van der Waals surface area contributed by atoms with Crippen LogP contribution in [-0.2, 0) is 12.6 Å². The van der Waals surface area contributed by atoms with Gasteiger partial charge in [-0.15, -0.1) is 0 Å². The van der Waals surface area contributed by atoms with Gasteiger partial charge in [-0.25, -0.2) is 4.98 Å². The van der Waals surface area contributed by atoms with Gasteiger partial charge in [0.1, 0.15) is 11.4 Å². The van der Waals surface area contributed by atoms with Crippen molar-refractivity contribution in [3.8, 4) is 0 Å². The van der Waals surface area contributed by atoms with E-state index in [0.29, 0.717) is 11.3 Å². The summed E-state index contributed by atoms with van der Waals surface area (Å²) in [6, 6.07) is 3.39. The second kappa shape index (κ2) is 8.73. The summed E-state index contributed by atoms with van der Waals surface area (Å²) in [5, 5.41) is 4.26. The zero-order valence-electron chi connectivity index (χ0n) is 17.2. The number of carbonyl (C=O) groups excluding carboxylic acids is 2. The van der Waals surface area contributed by atoms with Crippen LogP contribution in [0.15, 0.2) is 43.0 Å². The minimum absolute atomic E-state index is 0. The Labute approximate surface area is 188 Å². The lowest BCUT2D eigenvalue weighted by Gasteiger charge is -2.32. The van der Waals surface area contributed by atoms with Crippen molar-refractivity contribution in [2.45, 2.75) is 32.5 Å². The lowest BCUT2D eigenvalue weighted by atomic mass is 10.0. The third kappa shape index (κ3) is 4.24. The van der Waals surface area contributed by atoms with Crippen molar-refractivity contribution in [2.24, 2.45) is 0 Å². The third-order valence-corrected chi connectivity index (χ3v) is 5.21. The van der Waals surface area contributed by atoms with Crippen molar-refractivity contribution < 1.29 is 22.8 Å². The van der Waals surface area contributed by atoms with Gasteiger partial charge in [-0.3, -0.25) is 19.3 Å². The molecule has 3 heterocycles. The third-order valence-electron chi connectivity index (χ3n) is 5.21. The van der Waals surface area contributed by atoms with Gasteiger partial charge >= 0.3 is 6.18 Å². The molecule has 0 saturated carbocycles. The molecule has 1 atom stereocenters. The van der Waals surface area contributed by atoms with Crippen molar-refractivity contribution >= 4 is 30.9 Å². The molecular weight excluding hydrogens is 443 g/mol. The lowest BCUT2D eigenvalue weighted by Crippen LogP contribution is -2.43. The van der Waals surface area contributed by atoms with Gasteiger partial charge in [-0.1, -0.05) is 0 Å². The van der Waals surface area contributed by atoms with Gasteiger partial charge in [0.25, 0.3) is 5.91 Å². The van der Waals surface area contributed by atoms with Crippen LogP contribution in [0.2, 0.25) is 0 Å². The molecule has 0 bridgehead atoms. The molecule has 7 nitrogen and oxygen atoms in total. The number of hydrogen-bond acceptors (Lipinski definition) is 5. The number of carbonyl (C=O) groups is 2. The van der Waals surface area contributed by atoms with Crippen LogP contribution in [-0.4, -0.2) is 38.0 Å². The average Bonchev–Trinajstić information content (AvgIpc) is 3.15. The van der Waals surface area contributed by atoms with Crippen molar-refractivity contribution in [3.63, 3.8) is 0 Å². The topological polar surface area (TPSA) is 81.0 Å². The SMILES string of the molecule is Cc1cc(N2C[C@H](C)n3ncc(CC(=O)c4cnccn4)c3C2=O)ccc1C(F)(F)F.S. The smallest absolute Gasteiger partial charge is 0.305 e. The largest absolute Gasteiger partial charge is 0.416 e. The normalized spacial score (nSPS) is 15.8. The number of hydrogen-bond donors (Lipinski definition) is 0. The van der Waals surface area contributed by atoms with Crippen LogP contribution >= 0.6 is 13.5 Å². The summed E-state index contributed by atoms with van der Waals surface area (Å²) in [5.41, 5.74) is 0.501. The number of Topliss-reactive ketones (excluding diaryl/α,β-unsaturated/α-hetero) is 1. The van der Waals surface area contributed by atoms with E-state index in [2.05, 4.69) is 15.1 Å². The van der Waals surface area contributed by atoms with Gasteiger partial charge in [0.05, 0.1) is 24.0 Å². The molecule has 0 radical (unpaired) electrons. The Kier molecular flexibility index (Phi) is 6.40. The van der Waals surface area contributed by atoms with Crippen LogP contribution in [0.5, 0.6) is 0 Å². The highest BCUT2D eigenvalue weighted by atomic mass is 32.1. The van der Waals surface area contributed by atoms with Gasteiger partial charge in [-0.2, -0.15) is 31.8 Å². The second-order valence-electron chi connectivity index (χ2n) is 7.42. The number of halogens is 3. The van der Waals surface area contributed by atoms with Crippen molar-refractivity contribution in [3.05, 3.63) is 71.1 Å². The summed E-state index contributed by atoms with van der Waals surface area (Å²) in [6.07, 6.45) is 1.12. The Morgan fingerprint density at radius 2 is 1.97 bits per heavy atom. The summed E-state index contributed by atoms with van der Waals surface area (Å²) < 4.78 is 40.8. The number of rotatable bonds is 4. The molecular formula is C21H20F3N5O2S. The van der Waals surface area contributed by atoms with Gasteiger partial charge in [0, 0.05) is 36.6 Å². The number of fused-ring (bicyclic) bond motifs is 1. The fourth-order valence-corrected chi connectivity index (χ4v) is 3.71. The molecule has 0 aliphatic carbocycles. The Morgan fingerprint density at radius 3 is 2.59 bits per heavy atom. The summed E-state index contributed by atoms with van der Waals surface area (Å²) >= 11 is 0. The first-order chi connectivity index (χ1) is 14.7. The second-order valence-corrected chi connectivity index (χ2v) is 7.42. The maximum Gasteiger partial charge on any atom is 0.416 e. The molecule has 0 saturated heterocycles. The Bertz CT molecular complexity index is 1160. The fourth-order valence-electron chi connectivity index (χ4n) is 3.71. The van der Waals surface area contributed by atoms with Crippen molar-refractivity contribution in [1.82, 2.24) is 19.7 Å². The summed E-state index contributed by atoms with van der Waals surface area (Å²) in [5.74, 6) is -0.733. The van der Waals surface area contributed by atoms with Crippen LogP contribution in [0.4, 0.5) is 18.9 Å². The van der Waals surface area contributed by atoms with E-state index < -0.39 is 17.6 Å². The highest BCUT2D eigenvalue weighted by molar-refractivity contribution is 7.59. The molecule has 1 amide bonds. The zero-order chi connectivity index (χ0) is 22.3. The number of nitrogens with zero attached hydrogens (tertiary/aromatic N) is 5. The van der Waals surface area contributed by atoms with E-state index in [-0.39, 0.29) is 55.2 Å². The monoisotopic (exact) mass is 463 g/mol. The minimum Gasteiger partial charge on any atom is -0.305 e. The van der Waals surface area contributed by atoms with Crippen LogP contribution in [0.1, 0.15) is 50.6 Å². The van der Waals surface area contributed by atoms with Gasteiger partial charge in [0.2, 0.25) is 0 Å². The molecule has 32 heavy (non-hydrogen) atoms. The number of alkyl halides is 3. The van der Waals surface area contributed by atoms with E-state index in [0.717, 1.165) is 6.07 Å². The summed E-state index contributed by atoms with van der Waals surface area (Å²) in [7, 11) is 0. The van der Waals surface area contributed by atoms with Crippen molar-refractivity contribution in [1.29, 1.82) is 0 Å². The number of benzene rings is 1. The quantitative estimate of drug-likeness (QED) is 0.551. The Hall–Kier alpha value is -3.21. The highest BCUT2D eigenvalue weighted by Crippen LogP contribution is 2.35. The number of anilines is 1. The van der Waals surface area contributed by atoms with Gasteiger partial charge < -0.3 is 4.90 Å². The van der Waals surface area contributed by atoms with Crippen LogP contribution < -0.4 is 4.90 Å². The molecule has 11 heteroatoms. The molecule has 0 fully saturated rings. The fraction of sp³-hybridized carbons (Fsp3) is 0.286. The van der Waals surface area contributed by atoms with E-state index in [9.17, 15) is 22.8 Å². The first-order valence-corrected chi connectivity index (χ1v) is 9.52. The molecule has 2 aromatic heterocycles. The maximum atomic E-state index is 13.3. The predicted molar refractivity (Wildman–Crippen MR) is 115 cm³/mol. The Morgan fingerprint density at radius 1 is 1.22 bits per heavy atom.